The molecule has 3 heterocycles. The van der Waals surface area contributed by atoms with Gasteiger partial charge in [0.2, 0.25) is 0 Å². The van der Waals surface area contributed by atoms with Gasteiger partial charge in [-0.15, -0.1) is 11.3 Å². The molecule has 0 radical (unpaired) electrons. The van der Waals surface area contributed by atoms with Crippen LogP contribution in [0.25, 0.3) is 0 Å². The number of likely N-dealkylation sites (tertiary alicyclic amines) is 1. The van der Waals surface area contributed by atoms with Gasteiger partial charge in [-0.1, -0.05) is 24.3 Å². The fraction of sp³-hybridized carbons (Fsp3) is 0.364. The third-order valence-corrected chi connectivity index (χ3v) is 6.42. The Kier molecular flexibility index (Phi) is 5.69. The van der Waals surface area contributed by atoms with Gasteiger partial charge in [-0.05, 0) is 41.1 Å². The van der Waals surface area contributed by atoms with Crippen molar-refractivity contribution in [1.29, 1.82) is 0 Å². The third kappa shape index (κ3) is 3.80. The van der Waals surface area contributed by atoms with Gasteiger partial charge >= 0.3 is 0 Å². The van der Waals surface area contributed by atoms with Gasteiger partial charge in [-0.2, -0.15) is 0 Å². The second-order valence-electron chi connectivity index (χ2n) is 7.17. The Bertz CT molecular complexity index is 907. The van der Waals surface area contributed by atoms with Crippen LogP contribution >= 0.6 is 11.3 Å². The third-order valence-electron chi connectivity index (χ3n) is 5.56. The maximum Gasteiger partial charge on any atom is 0.264 e. The number of thiophene rings is 1. The van der Waals surface area contributed by atoms with Crippen LogP contribution in [-0.4, -0.2) is 61.1 Å². The lowest BCUT2D eigenvalue weighted by molar-refractivity contribution is -0.168. The van der Waals surface area contributed by atoms with E-state index in [1.807, 2.05) is 51.6 Å². The van der Waals surface area contributed by atoms with Crippen molar-refractivity contribution in [3.8, 4) is 5.75 Å². The minimum atomic E-state index is -0.445. The van der Waals surface area contributed by atoms with Crippen molar-refractivity contribution in [2.45, 2.75) is 25.1 Å². The normalized spacial score (nSPS) is 21.6. The first-order chi connectivity index (χ1) is 14.1. The highest BCUT2D eigenvalue weighted by Gasteiger charge is 2.49. The van der Waals surface area contributed by atoms with Crippen LogP contribution in [0.2, 0.25) is 0 Å². The molecule has 0 N–H and O–H groups in total. The van der Waals surface area contributed by atoms with E-state index >= 15 is 0 Å². The molecule has 1 aromatic heterocycles. The average molecular weight is 413 g/mol. The molecule has 4 rings (SSSR count). The van der Waals surface area contributed by atoms with E-state index in [1.165, 1.54) is 16.9 Å². The number of carbonyl (C=O) groups is 2. The second-order valence-corrected chi connectivity index (χ2v) is 8.12. The number of hydrogen-bond donors (Lipinski definition) is 0. The SMILES string of the molecule is COc1ccc(CN2C(=O)[C@H](OC)[C@@H]2C2=CCN(C(=O)c3cccs3)CC2)cc1. The monoisotopic (exact) mass is 412 g/mol. The van der Waals surface area contributed by atoms with Crippen LogP contribution in [0.3, 0.4) is 0 Å². The zero-order chi connectivity index (χ0) is 20.4. The van der Waals surface area contributed by atoms with Gasteiger partial charge < -0.3 is 19.3 Å². The highest BCUT2D eigenvalue weighted by atomic mass is 32.1. The molecule has 29 heavy (non-hydrogen) atoms. The molecule has 7 heteroatoms. The van der Waals surface area contributed by atoms with Gasteiger partial charge in [-0.3, -0.25) is 9.59 Å². The predicted molar refractivity (Wildman–Crippen MR) is 111 cm³/mol. The van der Waals surface area contributed by atoms with E-state index in [4.69, 9.17) is 9.47 Å². The lowest BCUT2D eigenvalue weighted by Crippen LogP contribution is -2.66. The number of β-lactam (4-membered cyclic amide) rings is 1. The summed E-state index contributed by atoms with van der Waals surface area (Å²) in [5.74, 6) is 0.866. The summed E-state index contributed by atoms with van der Waals surface area (Å²) in [6.45, 7) is 1.74. The van der Waals surface area contributed by atoms with Crippen LogP contribution in [0.15, 0.2) is 53.4 Å². The molecule has 0 saturated carbocycles. The van der Waals surface area contributed by atoms with Crippen molar-refractivity contribution in [3.05, 3.63) is 63.9 Å². The summed E-state index contributed by atoms with van der Waals surface area (Å²) in [4.78, 5) is 29.6. The number of hydrogen-bond acceptors (Lipinski definition) is 5. The van der Waals surface area contributed by atoms with Gasteiger partial charge in [0.05, 0.1) is 18.0 Å². The number of rotatable bonds is 6. The fourth-order valence-electron chi connectivity index (χ4n) is 3.94. The molecule has 2 aliphatic heterocycles. The molecule has 1 aromatic carbocycles. The summed E-state index contributed by atoms with van der Waals surface area (Å²) in [7, 11) is 3.21. The molecule has 1 fully saturated rings. The van der Waals surface area contributed by atoms with Crippen molar-refractivity contribution in [1.82, 2.24) is 9.80 Å². The van der Waals surface area contributed by atoms with Gasteiger partial charge in [0.1, 0.15) is 5.75 Å². The Balaban J connectivity index is 1.46. The number of ether oxygens (including phenoxy) is 2. The van der Waals surface area contributed by atoms with Crippen LogP contribution in [0, 0.1) is 0 Å². The molecule has 0 unspecified atom stereocenters. The second kappa shape index (κ2) is 8.39. The fourth-order valence-corrected chi connectivity index (χ4v) is 4.63. The number of nitrogens with zero attached hydrogens (tertiary/aromatic N) is 2. The van der Waals surface area contributed by atoms with Crippen molar-refractivity contribution in [2.75, 3.05) is 27.3 Å². The van der Waals surface area contributed by atoms with E-state index in [1.54, 1.807) is 14.2 Å². The van der Waals surface area contributed by atoms with Crippen LogP contribution in [-0.2, 0) is 16.1 Å². The summed E-state index contributed by atoms with van der Waals surface area (Å²) < 4.78 is 10.7. The number of benzene rings is 1. The Morgan fingerprint density at radius 3 is 2.59 bits per heavy atom. The maximum absolute atomic E-state index is 12.6. The van der Waals surface area contributed by atoms with Crippen LogP contribution in [0.1, 0.15) is 21.7 Å². The largest absolute Gasteiger partial charge is 0.497 e. The Labute approximate surface area is 174 Å². The van der Waals surface area contributed by atoms with Crippen molar-refractivity contribution >= 4 is 23.2 Å². The van der Waals surface area contributed by atoms with Gasteiger partial charge in [-0.25, -0.2) is 0 Å². The van der Waals surface area contributed by atoms with E-state index in [0.717, 1.165) is 22.6 Å². The van der Waals surface area contributed by atoms with Crippen LogP contribution in [0.4, 0.5) is 0 Å². The highest BCUT2D eigenvalue weighted by Crippen LogP contribution is 2.33. The highest BCUT2D eigenvalue weighted by molar-refractivity contribution is 7.12. The smallest absolute Gasteiger partial charge is 0.264 e. The van der Waals surface area contributed by atoms with E-state index in [-0.39, 0.29) is 17.9 Å². The summed E-state index contributed by atoms with van der Waals surface area (Å²) in [6.07, 6.45) is 2.38. The molecule has 0 bridgehead atoms. The predicted octanol–water partition coefficient (Wildman–Crippen LogP) is 2.96. The number of carbonyl (C=O) groups excluding carboxylic acids is 2. The zero-order valence-electron chi connectivity index (χ0n) is 16.5. The zero-order valence-corrected chi connectivity index (χ0v) is 17.4. The van der Waals surface area contributed by atoms with Crippen molar-refractivity contribution in [3.63, 3.8) is 0 Å². The van der Waals surface area contributed by atoms with E-state index < -0.39 is 6.10 Å². The van der Waals surface area contributed by atoms with Crippen molar-refractivity contribution in [2.24, 2.45) is 0 Å². The molecule has 1 saturated heterocycles. The molecule has 0 spiro atoms. The summed E-state index contributed by atoms with van der Waals surface area (Å²) in [5.41, 5.74) is 2.21. The van der Waals surface area contributed by atoms with Gasteiger partial charge in [0.25, 0.3) is 11.8 Å². The molecule has 2 atom stereocenters. The Hall–Kier alpha value is -2.64. The van der Waals surface area contributed by atoms with E-state index in [2.05, 4.69) is 6.08 Å². The summed E-state index contributed by atoms with van der Waals surface area (Å²) >= 11 is 1.46. The first-order valence-corrected chi connectivity index (χ1v) is 10.5. The molecule has 6 nitrogen and oxygen atoms in total. The number of methoxy groups -OCH3 is 2. The van der Waals surface area contributed by atoms with Gasteiger partial charge in [0, 0.05) is 26.7 Å². The average Bonchev–Trinajstić information content (AvgIpc) is 3.30. The van der Waals surface area contributed by atoms with Crippen molar-refractivity contribution < 1.29 is 19.1 Å². The van der Waals surface area contributed by atoms with Gasteiger partial charge in [0.15, 0.2) is 6.10 Å². The van der Waals surface area contributed by atoms with Crippen LogP contribution < -0.4 is 4.74 Å². The maximum atomic E-state index is 12.6. The first-order valence-electron chi connectivity index (χ1n) is 9.60. The lowest BCUT2D eigenvalue weighted by atomic mass is 9.86. The minimum Gasteiger partial charge on any atom is -0.497 e. The number of amides is 2. The minimum absolute atomic E-state index is 0.00584. The molecular formula is C22H24N2O4S. The Morgan fingerprint density at radius 1 is 1.21 bits per heavy atom. The lowest BCUT2D eigenvalue weighted by Gasteiger charge is -2.48. The molecule has 2 aliphatic rings. The van der Waals surface area contributed by atoms with E-state index in [0.29, 0.717) is 19.6 Å². The quantitative estimate of drug-likeness (QED) is 0.541. The molecular weight excluding hydrogens is 388 g/mol. The molecule has 2 aromatic rings. The standard InChI is InChI=1S/C22H24N2O4S/c1-27-17-7-5-15(6-8-17)14-24-19(20(28-2)22(24)26)16-9-11-23(12-10-16)21(25)18-4-3-13-29-18/h3-9,13,19-20H,10-12,14H2,1-2H3/t19-,20+/m0/s1. The topological polar surface area (TPSA) is 59.1 Å². The summed E-state index contributed by atoms with van der Waals surface area (Å²) in [6, 6.07) is 11.4. The van der Waals surface area contributed by atoms with Crippen LogP contribution in [0.5, 0.6) is 5.75 Å². The summed E-state index contributed by atoms with van der Waals surface area (Å²) in [5, 5.41) is 1.92. The molecule has 152 valence electrons. The van der Waals surface area contributed by atoms with E-state index in [9.17, 15) is 9.59 Å². The Morgan fingerprint density at radius 2 is 2.00 bits per heavy atom. The molecule has 0 aliphatic carbocycles. The first kappa shape index (κ1) is 19.7. The molecule has 2 amide bonds.